The van der Waals surface area contributed by atoms with Crippen LogP contribution in [0.5, 0.6) is 0 Å². The lowest BCUT2D eigenvalue weighted by Crippen LogP contribution is -2.49. The van der Waals surface area contributed by atoms with Gasteiger partial charge in [0.25, 0.3) is 0 Å². The van der Waals surface area contributed by atoms with Crippen molar-refractivity contribution in [2.24, 2.45) is 17.3 Å². The van der Waals surface area contributed by atoms with E-state index in [-0.39, 0.29) is 17.6 Å². The Bertz CT molecular complexity index is 602. The lowest BCUT2D eigenvalue weighted by molar-refractivity contribution is -0.132. The number of likely N-dealkylation sites (tertiary alicyclic amines) is 1. The van der Waals surface area contributed by atoms with Crippen LogP contribution in [0, 0.1) is 17.3 Å². The lowest BCUT2D eigenvalue weighted by atomic mass is 9.73. The molecule has 23 heavy (non-hydrogen) atoms. The SMILES string of the molecule is CCN1C2Nc3ccccc3C2C(C(C)C)C1C(=O)C(C)(C)C. The summed E-state index contributed by atoms with van der Waals surface area (Å²) in [5, 5.41) is 3.69. The van der Waals surface area contributed by atoms with Crippen molar-refractivity contribution in [3.8, 4) is 0 Å². The van der Waals surface area contributed by atoms with E-state index in [0.717, 1.165) is 6.54 Å². The molecule has 3 rings (SSSR count). The second kappa shape index (κ2) is 5.62. The molecule has 3 heteroatoms. The molecule has 0 radical (unpaired) electrons. The van der Waals surface area contributed by atoms with Crippen molar-refractivity contribution in [1.82, 2.24) is 4.90 Å². The number of rotatable bonds is 3. The van der Waals surface area contributed by atoms with Crippen molar-refractivity contribution >= 4 is 11.5 Å². The molecular weight excluding hydrogens is 284 g/mol. The second-order valence-electron chi connectivity index (χ2n) is 8.41. The van der Waals surface area contributed by atoms with Crippen molar-refractivity contribution in [2.75, 3.05) is 11.9 Å². The van der Waals surface area contributed by atoms with Crippen LogP contribution < -0.4 is 5.32 Å². The number of hydrogen-bond acceptors (Lipinski definition) is 3. The Morgan fingerprint density at radius 2 is 1.91 bits per heavy atom. The smallest absolute Gasteiger partial charge is 0.155 e. The number of nitrogens with one attached hydrogen (secondary N) is 1. The van der Waals surface area contributed by atoms with Gasteiger partial charge in [0.2, 0.25) is 0 Å². The Morgan fingerprint density at radius 1 is 1.26 bits per heavy atom. The van der Waals surface area contributed by atoms with Gasteiger partial charge in [0, 0.05) is 17.0 Å². The van der Waals surface area contributed by atoms with E-state index >= 15 is 0 Å². The molecule has 1 aromatic carbocycles. The minimum atomic E-state index is -0.302. The molecule has 0 amide bonds. The number of anilines is 1. The summed E-state index contributed by atoms with van der Waals surface area (Å²) < 4.78 is 0. The maximum atomic E-state index is 13.2. The van der Waals surface area contributed by atoms with E-state index in [0.29, 0.717) is 23.5 Å². The topological polar surface area (TPSA) is 32.3 Å². The first-order chi connectivity index (χ1) is 10.8. The number of benzene rings is 1. The molecule has 4 unspecified atom stereocenters. The van der Waals surface area contributed by atoms with Gasteiger partial charge in [-0.25, -0.2) is 0 Å². The molecule has 0 aromatic heterocycles. The lowest BCUT2D eigenvalue weighted by Gasteiger charge is -2.35. The van der Waals surface area contributed by atoms with Crippen LogP contribution >= 0.6 is 0 Å². The predicted octanol–water partition coefficient (Wildman–Crippen LogP) is 4.11. The van der Waals surface area contributed by atoms with Gasteiger partial charge in [-0.05, 0) is 30.0 Å². The number of ketones is 1. The second-order valence-corrected chi connectivity index (χ2v) is 8.41. The number of fused-ring (bicyclic) bond motifs is 3. The maximum absolute atomic E-state index is 13.2. The summed E-state index contributed by atoms with van der Waals surface area (Å²) >= 11 is 0. The average Bonchev–Trinajstić information content (AvgIpc) is 2.98. The molecular formula is C20H30N2O. The third-order valence-corrected chi connectivity index (χ3v) is 5.60. The van der Waals surface area contributed by atoms with Gasteiger partial charge in [0.1, 0.15) is 0 Å². The van der Waals surface area contributed by atoms with Crippen LogP contribution in [0.25, 0.3) is 0 Å². The van der Waals surface area contributed by atoms with Crippen LogP contribution in [0.15, 0.2) is 24.3 Å². The predicted molar refractivity (Wildman–Crippen MR) is 95.6 cm³/mol. The molecule has 0 saturated carbocycles. The fourth-order valence-electron chi connectivity index (χ4n) is 4.58. The average molecular weight is 314 g/mol. The standard InChI is InChI=1S/C20H30N2O/c1-7-22-17(18(23)20(4,5)6)15(12(2)3)16-13-10-8-9-11-14(13)21-19(16)22/h8-12,15-17,19,21H,7H2,1-6H3. The number of likely N-dealkylation sites (N-methyl/N-ethyl adjacent to an activating group) is 1. The molecule has 2 heterocycles. The molecule has 4 atom stereocenters. The zero-order valence-corrected chi connectivity index (χ0v) is 15.3. The number of hydrogen-bond donors (Lipinski definition) is 1. The Hall–Kier alpha value is -1.35. The number of carbonyl (C=O) groups excluding carboxylic acids is 1. The summed E-state index contributed by atoms with van der Waals surface area (Å²) in [6.45, 7) is 13.8. The van der Waals surface area contributed by atoms with E-state index < -0.39 is 0 Å². The van der Waals surface area contributed by atoms with Crippen molar-refractivity contribution in [3.05, 3.63) is 29.8 Å². The number of carbonyl (C=O) groups is 1. The molecule has 0 aliphatic carbocycles. The number of nitrogens with zero attached hydrogens (tertiary/aromatic N) is 1. The molecule has 1 N–H and O–H groups in total. The van der Waals surface area contributed by atoms with Crippen LogP contribution in [0.4, 0.5) is 5.69 Å². The van der Waals surface area contributed by atoms with Gasteiger partial charge in [0.15, 0.2) is 5.78 Å². The van der Waals surface area contributed by atoms with Crippen LogP contribution in [-0.4, -0.2) is 29.4 Å². The molecule has 0 spiro atoms. The first-order valence-electron chi connectivity index (χ1n) is 8.93. The third-order valence-electron chi connectivity index (χ3n) is 5.60. The highest BCUT2D eigenvalue weighted by Crippen LogP contribution is 2.52. The van der Waals surface area contributed by atoms with Gasteiger partial charge < -0.3 is 5.32 Å². The zero-order valence-electron chi connectivity index (χ0n) is 15.3. The highest BCUT2D eigenvalue weighted by Gasteiger charge is 2.56. The summed E-state index contributed by atoms with van der Waals surface area (Å²) in [7, 11) is 0. The number of para-hydroxylation sites is 1. The Kier molecular flexibility index (Phi) is 4.04. The Morgan fingerprint density at radius 3 is 2.48 bits per heavy atom. The fraction of sp³-hybridized carbons (Fsp3) is 0.650. The van der Waals surface area contributed by atoms with Crippen LogP contribution in [-0.2, 0) is 4.79 Å². The molecule has 126 valence electrons. The van der Waals surface area contributed by atoms with Gasteiger partial charge in [-0.3, -0.25) is 9.69 Å². The molecule has 2 aliphatic heterocycles. The van der Waals surface area contributed by atoms with Crippen molar-refractivity contribution in [1.29, 1.82) is 0 Å². The molecule has 0 bridgehead atoms. The molecule has 1 saturated heterocycles. The summed E-state index contributed by atoms with van der Waals surface area (Å²) in [6.07, 6.45) is 0.251. The van der Waals surface area contributed by atoms with E-state index in [1.807, 2.05) is 0 Å². The Labute approximate surface area is 140 Å². The van der Waals surface area contributed by atoms with E-state index in [1.54, 1.807) is 0 Å². The van der Waals surface area contributed by atoms with Crippen molar-refractivity contribution in [3.63, 3.8) is 0 Å². The van der Waals surface area contributed by atoms with Gasteiger partial charge >= 0.3 is 0 Å². The molecule has 2 aliphatic rings. The summed E-state index contributed by atoms with van der Waals surface area (Å²) in [5.41, 5.74) is 2.33. The highest BCUT2D eigenvalue weighted by atomic mass is 16.1. The van der Waals surface area contributed by atoms with Crippen molar-refractivity contribution < 1.29 is 4.79 Å². The normalized spacial score (nSPS) is 30.2. The maximum Gasteiger partial charge on any atom is 0.155 e. The highest BCUT2D eigenvalue weighted by molar-refractivity contribution is 5.90. The first kappa shape index (κ1) is 16.5. The van der Waals surface area contributed by atoms with E-state index in [1.165, 1.54) is 11.3 Å². The minimum absolute atomic E-state index is 0.0101. The summed E-state index contributed by atoms with van der Waals surface area (Å²) in [5.74, 6) is 1.63. The first-order valence-corrected chi connectivity index (χ1v) is 8.93. The molecule has 1 aromatic rings. The molecule has 1 fully saturated rings. The van der Waals surface area contributed by atoms with Crippen LogP contribution in [0.3, 0.4) is 0 Å². The summed E-state index contributed by atoms with van der Waals surface area (Å²) in [4.78, 5) is 15.6. The minimum Gasteiger partial charge on any atom is -0.369 e. The summed E-state index contributed by atoms with van der Waals surface area (Å²) in [6, 6.07) is 8.62. The van der Waals surface area contributed by atoms with Gasteiger partial charge in [-0.1, -0.05) is 59.7 Å². The van der Waals surface area contributed by atoms with E-state index in [2.05, 4.69) is 76.0 Å². The zero-order chi connectivity index (χ0) is 16.9. The molecule has 3 nitrogen and oxygen atoms in total. The van der Waals surface area contributed by atoms with E-state index in [4.69, 9.17) is 0 Å². The van der Waals surface area contributed by atoms with Crippen LogP contribution in [0.1, 0.15) is 53.0 Å². The van der Waals surface area contributed by atoms with Gasteiger partial charge in [-0.15, -0.1) is 0 Å². The quantitative estimate of drug-likeness (QED) is 0.911. The van der Waals surface area contributed by atoms with Gasteiger partial charge in [-0.2, -0.15) is 0 Å². The van der Waals surface area contributed by atoms with Gasteiger partial charge in [0.05, 0.1) is 12.2 Å². The fourth-order valence-corrected chi connectivity index (χ4v) is 4.58. The number of Topliss-reactive ketones (excluding diaryl/α,β-unsaturated/α-hetero) is 1. The van der Waals surface area contributed by atoms with E-state index in [9.17, 15) is 4.79 Å². The van der Waals surface area contributed by atoms with Crippen molar-refractivity contribution in [2.45, 2.75) is 59.7 Å². The third kappa shape index (κ3) is 2.50. The van der Waals surface area contributed by atoms with Crippen LogP contribution in [0.2, 0.25) is 0 Å². The monoisotopic (exact) mass is 314 g/mol. The Balaban J connectivity index is 2.07. The largest absolute Gasteiger partial charge is 0.369 e.